The summed E-state index contributed by atoms with van der Waals surface area (Å²) in [7, 11) is 0. The second kappa shape index (κ2) is 4.12. The van der Waals surface area contributed by atoms with E-state index >= 15 is 0 Å². The molecule has 98 valence electrons. The predicted molar refractivity (Wildman–Crippen MR) is 75.3 cm³/mol. The van der Waals surface area contributed by atoms with E-state index in [0.717, 1.165) is 33.1 Å². The van der Waals surface area contributed by atoms with Gasteiger partial charge in [0, 0.05) is 23.2 Å². The van der Waals surface area contributed by atoms with E-state index < -0.39 is 0 Å². The van der Waals surface area contributed by atoms with Crippen LogP contribution in [0.25, 0.3) is 21.9 Å². The molecule has 4 heterocycles. The molecule has 1 N–H and O–H groups in total. The van der Waals surface area contributed by atoms with Gasteiger partial charge in [-0.2, -0.15) is 10.2 Å². The first-order chi connectivity index (χ1) is 9.83. The Balaban J connectivity index is 1.85. The lowest BCUT2D eigenvalue weighted by atomic mass is 10.2. The number of H-pyrrole nitrogens is 1. The van der Waals surface area contributed by atoms with Crippen molar-refractivity contribution in [3.05, 3.63) is 48.2 Å². The van der Waals surface area contributed by atoms with Gasteiger partial charge < -0.3 is 0 Å². The molecule has 0 bridgehead atoms. The SMILES string of the molecule is Cc1cncc2c1cnn2Cc1ccnc2[nH]ncc12. The Hall–Kier alpha value is -2.76. The van der Waals surface area contributed by atoms with Crippen molar-refractivity contribution in [3.8, 4) is 0 Å². The molecule has 0 radical (unpaired) electrons. The largest absolute Gasteiger partial charge is 0.262 e. The maximum atomic E-state index is 4.47. The maximum absolute atomic E-state index is 4.47. The molecule has 0 unspecified atom stereocenters. The van der Waals surface area contributed by atoms with Gasteiger partial charge in [-0.15, -0.1) is 0 Å². The van der Waals surface area contributed by atoms with E-state index in [2.05, 4.69) is 25.3 Å². The lowest BCUT2D eigenvalue weighted by molar-refractivity contribution is 0.714. The molecular formula is C14H12N6. The van der Waals surface area contributed by atoms with E-state index in [-0.39, 0.29) is 0 Å². The smallest absolute Gasteiger partial charge is 0.155 e. The fraction of sp³-hybridized carbons (Fsp3) is 0.143. The second-order valence-corrected chi connectivity index (χ2v) is 4.79. The molecule has 0 atom stereocenters. The van der Waals surface area contributed by atoms with Gasteiger partial charge in [0.1, 0.15) is 0 Å². The van der Waals surface area contributed by atoms with Crippen molar-refractivity contribution in [2.75, 3.05) is 0 Å². The summed E-state index contributed by atoms with van der Waals surface area (Å²) in [5, 5.41) is 13.6. The van der Waals surface area contributed by atoms with Crippen LogP contribution in [0.3, 0.4) is 0 Å². The number of fused-ring (bicyclic) bond motifs is 2. The number of hydrogen-bond donors (Lipinski definition) is 1. The van der Waals surface area contributed by atoms with Gasteiger partial charge in [-0.05, 0) is 24.1 Å². The maximum Gasteiger partial charge on any atom is 0.155 e. The Morgan fingerprint density at radius 2 is 2.10 bits per heavy atom. The molecule has 0 aliphatic carbocycles. The highest BCUT2D eigenvalue weighted by Crippen LogP contribution is 2.19. The molecule has 0 spiro atoms. The molecule has 0 amide bonds. The van der Waals surface area contributed by atoms with E-state index in [0.29, 0.717) is 6.54 Å². The van der Waals surface area contributed by atoms with Gasteiger partial charge in [0.05, 0.1) is 30.7 Å². The van der Waals surface area contributed by atoms with Crippen LogP contribution in [0.15, 0.2) is 37.1 Å². The minimum atomic E-state index is 0.674. The third-order valence-electron chi connectivity index (χ3n) is 3.53. The van der Waals surface area contributed by atoms with Crippen LogP contribution in [0.1, 0.15) is 11.1 Å². The minimum absolute atomic E-state index is 0.674. The number of rotatable bonds is 2. The van der Waals surface area contributed by atoms with Crippen LogP contribution in [-0.4, -0.2) is 29.9 Å². The zero-order valence-electron chi connectivity index (χ0n) is 10.9. The van der Waals surface area contributed by atoms with Crippen molar-refractivity contribution in [2.24, 2.45) is 0 Å². The standard InChI is InChI=1S/C14H12N6/c1-9-4-15-7-13-11(9)6-18-20(13)8-10-2-3-16-14-12(10)5-17-19-14/h2-7H,8H2,1H3,(H,16,17,19). The summed E-state index contributed by atoms with van der Waals surface area (Å²) in [4.78, 5) is 8.50. The molecule has 0 saturated heterocycles. The zero-order valence-corrected chi connectivity index (χ0v) is 10.9. The van der Waals surface area contributed by atoms with Crippen molar-refractivity contribution in [2.45, 2.75) is 13.5 Å². The second-order valence-electron chi connectivity index (χ2n) is 4.79. The summed E-state index contributed by atoms with van der Waals surface area (Å²) < 4.78 is 1.96. The van der Waals surface area contributed by atoms with Crippen molar-refractivity contribution in [1.29, 1.82) is 0 Å². The van der Waals surface area contributed by atoms with Crippen LogP contribution in [0.5, 0.6) is 0 Å². The molecule has 4 aromatic rings. The Labute approximate surface area is 114 Å². The summed E-state index contributed by atoms with van der Waals surface area (Å²) in [5.41, 5.74) is 4.11. The average Bonchev–Trinajstić information content (AvgIpc) is 3.07. The van der Waals surface area contributed by atoms with E-state index in [9.17, 15) is 0 Å². The van der Waals surface area contributed by atoms with Crippen LogP contribution in [0.2, 0.25) is 0 Å². The molecule has 20 heavy (non-hydrogen) atoms. The summed E-state index contributed by atoms with van der Waals surface area (Å²) in [6.45, 7) is 2.72. The lowest BCUT2D eigenvalue weighted by Gasteiger charge is -2.05. The van der Waals surface area contributed by atoms with E-state index in [1.807, 2.05) is 36.3 Å². The van der Waals surface area contributed by atoms with Crippen molar-refractivity contribution >= 4 is 21.9 Å². The number of aryl methyl sites for hydroxylation is 1. The number of aromatic nitrogens is 6. The predicted octanol–water partition coefficient (Wildman–Crippen LogP) is 2.06. The first kappa shape index (κ1) is 11.1. The molecule has 0 aliphatic rings. The van der Waals surface area contributed by atoms with Crippen molar-refractivity contribution < 1.29 is 0 Å². The van der Waals surface area contributed by atoms with Gasteiger partial charge in [-0.3, -0.25) is 14.8 Å². The third-order valence-corrected chi connectivity index (χ3v) is 3.53. The Morgan fingerprint density at radius 1 is 1.15 bits per heavy atom. The van der Waals surface area contributed by atoms with Crippen LogP contribution >= 0.6 is 0 Å². The fourth-order valence-electron chi connectivity index (χ4n) is 2.45. The molecular weight excluding hydrogens is 252 g/mol. The molecule has 0 fully saturated rings. The number of nitrogens with zero attached hydrogens (tertiary/aromatic N) is 5. The summed E-state index contributed by atoms with van der Waals surface area (Å²) >= 11 is 0. The quantitative estimate of drug-likeness (QED) is 0.601. The van der Waals surface area contributed by atoms with Crippen molar-refractivity contribution in [3.63, 3.8) is 0 Å². The molecule has 0 aromatic carbocycles. The third kappa shape index (κ3) is 1.58. The minimum Gasteiger partial charge on any atom is -0.262 e. The molecule has 4 rings (SSSR count). The highest BCUT2D eigenvalue weighted by atomic mass is 15.3. The highest BCUT2D eigenvalue weighted by Gasteiger charge is 2.09. The number of pyridine rings is 2. The van der Waals surface area contributed by atoms with E-state index in [4.69, 9.17) is 0 Å². The van der Waals surface area contributed by atoms with Crippen molar-refractivity contribution in [1.82, 2.24) is 29.9 Å². The van der Waals surface area contributed by atoms with Gasteiger partial charge >= 0.3 is 0 Å². The van der Waals surface area contributed by atoms with Crippen LogP contribution < -0.4 is 0 Å². The Bertz CT molecular complexity index is 904. The molecule has 6 nitrogen and oxygen atoms in total. The van der Waals surface area contributed by atoms with E-state index in [1.165, 1.54) is 0 Å². The van der Waals surface area contributed by atoms with E-state index in [1.54, 1.807) is 12.4 Å². The van der Waals surface area contributed by atoms with Crippen LogP contribution in [0.4, 0.5) is 0 Å². The molecule has 0 aliphatic heterocycles. The Kier molecular flexibility index (Phi) is 2.29. The number of aromatic amines is 1. The summed E-state index contributed by atoms with van der Waals surface area (Å²) in [5.74, 6) is 0. The Morgan fingerprint density at radius 3 is 3.05 bits per heavy atom. The highest BCUT2D eigenvalue weighted by molar-refractivity contribution is 5.81. The van der Waals surface area contributed by atoms with Crippen LogP contribution in [-0.2, 0) is 6.54 Å². The van der Waals surface area contributed by atoms with Crippen LogP contribution in [0, 0.1) is 6.92 Å². The summed E-state index contributed by atoms with van der Waals surface area (Å²) in [6.07, 6.45) is 9.18. The van der Waals surface area contributed by atoms with Gasteiger partial charge in [0.15, 0.2) is 5.65 Å². The van der Waals surface area contributed by atoms with Gasteiger partial charge in [0.25, 0.3) is 0 Å². The fourth-order valence-corrected chi connectivity index (χ4v) is 2.45. The topological polar surface area (TPSA) is 72.3 Å². The number of nitrogens with one attached hydrogen (secondary N) is 1. The molecule has 4 aromatic heterocycles. The van der Waals surface area contributed by atoms with Gasteiger partial charge in [-0.25, -0.2) is 4.98 Å². The summed E-state index contributed by atoms with van der Waals surface area (Å²) in [6, 6.07) is 1.99. The lowest BCUT2D eigenvalue weighted by Crippen LogP contribution is -2.02. The monoisotopic (exact) mass is 264 g/mol. The molecule has 0 saturated carbocycles. The first-order valence-electron chi connectivity index (χ1n) is 6.36. The molecule has 6 heteroatoms. The zero-order chi connectivity index (χ0) is 13.5. The van der Waals surface area contributed by atoms with Gasteiger partial charge in [-0.1, -0.05) is 0 Å². The normalized spacial score (nSPS) is 11.4. The van der Waals surface area contributed by atoms with Gasteiger partial charge in [0.2, 0.25) is 0 Å². The average molecular weight is 264 g/mol. The first-order valence-corrected chi connectivity index (χ1v) is 6.36. The number of hydrogen-bond acceptors (Lipinski definition) is 4.